The van der Waals surface area contributed by atoms with Gasteiger partial charge in [0.15, 0.2) is 0 Å². The molecule has 0 aliphatic carbocycles. The van der Waals surface area contributed by atoms with Gasteiger partial charge in [-0.1, -0.05) is 6.07 Å². The summed E-state index contributed by atoms with van der Waals surface area (Å²) in [6, 6.07) is 3.76. The summed E-state index contributed by atoms with van der Waals surface area (Å²) in [5, 5.41) is 9.06. The number of aliphatic hydroxyl groups excluding tert-OH is 1. The maximum atomic E-state index is 12.1. The van der Waals surface area contributed by atoms with E-state index in [1.807, 2.05) is 12.1 Å². The second-order valence-electron chi connectivity index (χ2n) is 5.04. The molecule has 0 saturated carbocycles. The van der Waals surface area contributed by atoms with Crippen molar-refractivity contribution >= 4 is 10.2 Å². The summed E-state index contributed by atoms with van der Waals surface area (Å²) < 4.78 is 28.3. The van der Waals surface area contributed by atoms with Crippen LogP contribution in [0.4, 0.5) is 0 Å². The molecule has 20 heavy (non-hydrogen) atoms. The lowest BCUT2D eigenvalue weighted by molar-refractivity contribution is 0.169. The zero-order valence-corrected chi connectivity index (χ0v) is 12.2. The Balaban J connectivity index is 1.79. The van der Waals surface area contributed by atoms with Crippen molar-refractivity contribution in [1.29, 1.82) is 0 Å². The predicted molar refractivity (Wildman–Crippen MR) is 76.2 cm³/mol. The van der Waals surface area contributed by atoms with Gasteiger partial charge in [0, 0.05) is 38.6 Å². The van der Waals surface area contributed by atoms with Crippen molar-refractivity contribution in [1.82, 2.24) is 14.0 Å². The lowest BCUT2D eigenvalue weighted by Crippen LogP contribution is -2.45. The molecule has 0 aromatic carbocycles. The summed E-state index contributed by atoms with van der Waals surface area (Å²) in [5.74, 6) is 0.233. The molecule has 1 aliphatic heterocycles. The van der Waals surface area contributed by atoms with Crippen LogP contribution in [-0.2, 0) is 16.6 Å². The van der Waals surface area contributed by atoms with Gasteiger partial charge >= 0.3 is 0 Å². The first-order valence-corrected chi connectivity index (χ1v) is 8.30. The van der Waals surface area contributed by atoms with E-state index < -0.39 is 10.2 Å². The summed E-state index contributed by atoms with van der Waals surface area (Å²) in [5.41, 5.74) is 1.01. The highest BCUT2D eigenvalue weighted by Gasteiger charge is 2.27. The van der Waals surface area contributed by atoms with Crippen molar-refractivity contribution in [3.63, 3.8) is 0 Å². The zero-order valence-electron chi connectivity index (χ0n) is 11.4. The molecule has 1 aromatic heterocycles. The Morgan fingerprint density at radius 3 is 2.75 bits per heavy atom. The van der Waals surface area contributed by atoms with Gasteiger partial charge in [-0.2, -0.15) is 12.7 Å². The van der Waals surface area contributed by atoms with Gasteiger partial charge in [0.25, 0.3) is 10.2 Å². The average molecular weight is 299 g/mol. The third-order valence-corrected chi connectivity index (χ3v) is 5.21. The molecule has 0 radical (unpaired) electrons. The molecule has 1 aliphatic rings. The Bertz CT molecular complexity index is 499. The standard InChI is InChI=1S/C13H21N3O3S/c17-11-13-4-8-16(9-5-13)20(18,19)15-7-3-12-2-1-6-14-10-12/h1-2,6,10,13,15,17H,3-5,7-9,11H2. The van der Waals surface area contributed by atoms with Gasteiger partial charge in [-0.05, 0) is 36.8 Å². The smallest absolute Gasteiger partial charge is 0.279 e. The van der Waals surface area contributed by atoms with Crippen LogP contribution >= 0.6 is 0 Å². The molecule has 1 saturated heterocycles. The molecule has 7 heteroatoms. The van der Waals surface area contributed by atoms with Gasteiger partial charge in [0.2, 0.25) is 0 Å². The lowest BCUT2D eigenvalue weighted by Gasteiger charge is -2.30. The summed E-state index contributed by atoms with van der Waals surface area (Å²) in [7, 11) is -3.40. The number of hydrogen-bond donors (Lipinski definition) is 2. The Labute approximate surface area is 120 Å². The number of rotatable bonds is 6. The van der Waals surface area contributed by atoms with Crippen molar-refractivity contribution in [2.24, 2.45) is 5.92 Å². The molecule has 2 N–H and O–H groups in total. The van der Waals surface area contributed by atoms with E-state index in [9.17, 15) is 8.42 Å². The molecular formula is C13H21N3O3S. The first kappa shape index (κ1) is 15.4. The Hall–Kier alpha value is -1.02. The SMILES string of the molecule is O=S(=O)(NCCc1cccnc1)N1CCC(CO)CC1. The summed E-state index contributed by atoms with van der Waals surface area (Å²) >= 11 is 0. The van der Waals surface area contributed by atoms with E-state index in [2.05, 4.69) is 9.71 Å². The van der Waals surface area contributed by atoms with Gasteiger partial charge in [-0.3, -0.25) is 4.98 Å². The summed E-state index contributed by atoms with van der Waals surface area (Å²) in [4.78, 5) is 4.00. The van der Waals surface area contributed by atoms with Crippen LogP contribution in [-0.4, -0.2) is 49.1 Å². The van der Waals surface area contributed by atoms with Gasteiger partial charge in [0.1, 0.15) is 0 Å². The van der Waals surface area contributed by atoms with Crippen LogP contribution in [0.1, 0.15) is 18.4 Å². The highest BCUT2D eigenvalue weighted by atomic mass is 32.2. The zero-order chi connectivity index (χ0) is 14.4. The van der Waals surface area contributed by atoms with E-state index in [0.29, 0.717) is 26.1 Å². The molecule has 2 rings (SSSR count). The lowest BCUT2D eigenvalue weighted by atomic mass is 10.00. The fourth-order valence-electron chi connectivity index (χ4n) is 2.29. The molecular weight excluding hydrogens is 278 g/mol. The fraction of sp³-hybridized carbons (Fsp3) is 0.615. The third-order valence-electron chi connectivity index (χ3n) is 3.59. The number of nitrogens with zero attached hydrogens (tertiary/aromatic N) is 2. The van der Waals surface area contributed by atoms with Gasteiger partial charge in [-0.15, -0.1) is 0 Å². The monoisotopic (exact) mass is 299 g/mol. The molecule has 0 spiro atoms. The first-order chi connectivity index (χ1) is 9.62. The Morgan fingerprint density at radius 2 is 2.15 bits per heavy atom. The number of hydrogen-bond acceptors (Lipinski definition) is 4. The van der Waals surface area contributed by atoms with Crippen LogP contribution < -0.4 is 4.72 Å². The van der Waals surface area contributed by atoms with E-state index in [-0.39, 0.29) is 12.5 Å². The van der Waals surface area contributed by atoms with Crippen LogP contribution in [0.5, 0.6) is 0 Å². The summed E-state index contributed by atoms with van der Waals surface area (Å²) in [6.45, 7) is 1.47. The minimum atomic E-state index is -3.40. The molecule has 0 unspecified atom stereocenters. The van der Waals surface area contributed by atoms with Crippen LogP contribution in [0.2, 0.25) is 0 Å². The summed E-state index contributed by atoms with van der Waals surface area (Å²) in [6.07, 6.45) is 5.50. The topological polar surface area (TPSA) is 82.5 Å². The van der Waals surface area contributed by atoms with Crippen LogP contribution in [0.25, 0.3) is 0 Å². The largest absolute Gasteiger partial charge is 0.396 e. The van der Waals surface area contributed by atoms with Crippen molar-refractivity contribution < 1.29 is 13.5 Å². The number of piperidine rings is 1. The molecule has 1 fully saturated rings. The van der Waals surface area contributed by atoms with Gasteiger partial charge in [-0.25, -0.2) is 4.72 Å². The number of aliphatic hydroxyl groups is 1. The predicted octanol–water partition coefficient (Wildman–Crippen LogP) is 0.163. The van der Waals surface area contributed by atoms with Crippen molar-refractivity contribution in [2.75, 3.05) is 26.2 Å². The molecule has 0 atom stereocenters. The number of pyridine rings is 1. The number of nitrogens with one attached hydrogen (secondary N) is 1. The minimum Gasteiger partial charge on any atom is -0.396 e. The molecule has 112 valence electrons. The number of aromatic nitrogens is 1. The second kappa shape index (κ2) is 7.12. The second-order valence-corrected chi connectivity index (χ2v) is 6.79. The van der Waals surface area contributed by atoms with E-state index in [1.54, 1.807) is 12.4 Å². The van der Waals surface area contributed by atoms with Gasteiger partial charge in [0.05, 0.1) is 0 Å². The first-order valence-electron chi connectivity index (χ1n) is 6.86. The van der Waals surface area contributed by atoms with Crippen molar-refractivity contribution in [3.8, 4) is 0 Å². The highest BCUT2D eigenvalue weighted by molar-refractivity contribution is 7.87. The van der Waals surface area contributed by atoms with Crippen molar-refractivity contribution in [3.05, 3.63) is 30.1 Å². The normalized spacial score (nSPS) is 18.2. The minimum absolute atomic E-state index is 0.141. The van der Waals surface area contributed by atoms with Gasteiger partial charge < -0.3 is 5.11 Å². The maximum Gasteiger partial charge on any atom is 0.279 e. The maximum absolute atomic E-state index is 12.1. The van der Waals surface area contributed by atoms with E-state index in [4.69, 9.17) is 5.11 Å². The van der Waals surface area contributed by atoms with Crippen molar-refractivity contribution in [2.45, 2.75) is 19.3 Å². The quantitative estimate of drug-likeness (QED) is 0.784. The van der Waals surface area contributed by atoms with E-state index in [0.717, 1.165) is 18.4 Å². The Morgan fingerprint density at radius 1 is 1.40 bits per heavy atom. The van der Waals surface area contributed by atoms with Crippen LogP contribution in [0.15, 0.2) is 24.5 Å². The third kappa shape index (κ3) is 4.24. The molecule has 0 amide bonds. The molecule has 2 heterocycles. The van der Waals surface area contributed by atoms with E-state index in [1.165, 1.54) is 4.31 Å². The highest BCUT2D eigenvalue weighted by Crippen LogP contribution is 2.18. The van der Waals surface area contributed by atoms with Crippen LogP contribution in [0.3, 0.4) is 0 Å². The van der Waals surface area contributed by atoms with Crippen LogP contribution in [0, 0.1) is 5.92 Å². The molecule has 6 nitrogen and oxygen atoms in total. The van der Waals surface area contributed by atoms with E-state index >= 15 is 0 Å². The molecule has 0 bridgehead atoms. The average Bonchev–Trinajstić information content (AvgIpc) is 2.48. The Kier molecular flexibility index (Phi) is 5.47. The fourth-order valence-corrected chi connectivity index (χ4v) is 3.53. The molecule has 1 aromatic rings.